The second kappa shape index (κ2) is 14.0. The number of hydrogen-bond acceptors (Lipinski definition) is 7. The molecule has 194 valence electrons. The van der Waals surface area contributed by atoms with Crippen molar-refractivity contribution in [3.63, 3.8) is 0 Å². The molecule has 1 aromatic carbocycles. The Bertz CT molecular complexity index is 893. The van der Waals surface area contributed by atoms with Crippen molar-refractivity contribution < 1.29 is 39.3 Å². The third kappa shape index (κ3) is 9.71. The predicted molar refractivity (Wildman–Crippen MR) is 125 cm³/mol. The van der Waals surface area contributed by atoms with E-state index in [1.807, 2.05) is 6.92 Å². The van der Waals surface area contributed by atoms with Crippen molar-refractivity contribution in [2.45, 2.75) is 70.3 Å². The first kappa shape index (κ1) is 29.5. The van der Waals surface area contributed by atoms with Gasteiger partial charge in [-0.15, -0.1) is 0 Å². The summed E-state index contributed by atoms with van der Waals surface area (Å²) < 4.78 is 0. The van der Waals surface area contributed by atoms with E-state index in [2.05, 4.69) is 16.0 Å². The van der Waals surface area contributed by atoms with Crippen LogP contribution in [0.1, 0.15) is 39.2 Å². The first-order valence-corrected chi connectivity index (χ1v) is 11.2. The molecule has 0 radical (unpaired) electrons. The van der Waals surface area contributed by atoms with Gasteiger partial charge < -0.3 is 37.0 Å². The van der Waals surface area contributed by atoms with E-state index in [1.54, 1.807) is 37.3 Å². The minimum atomic E-state index is -1.67. The maximum atomic E-state index is 12.8. The maximum Gasteiger partial charge on any atom is 0.326 e. The van der Waals surface area contributed by atoms with Crippen molar-refractivity contribution in [3.8, 4) is 0 Å². The third-order valence-electron chi connectivity index (χ3n) is 5.53. The van der Waals surface area contributed by atoms with Gasteiger partial charge in [0, 0.05) is 6.42 Å². The summed E-state index contributed by atoms with van der Waals surface area (Å²) in [5, 5.41) is 35.4. The average molecular weight is 495 g/mol. The van der Waals surface area contributed by atoms with Crippen LogP contribution in [0.3, 0.4) is 0 Å². The molecule has 6 atom stereocenters. The molecule has 0 aliphatic rings. The Hall–Kier alpha value is -3.51. The van der Waals surface area contributed by atoms with E-state index in [-0.39, 0.29) is 12.3 Å². The van der Waals surface area contributed by atoms with Crippen molar-refractivity contribution in [2.75, 3.05) is 0 Å². The Labute approximate surface area is 203 Å². The van der Waals surface area contributed by atoms with Crippen molar-refractivity contribution >= 4 is 29.7 Å². The number of rotatable bonds is 14. The molecule has 1 rings (SSSR count). The molecular formula is C23H34N4O8. The molecule has 12 nitrogen and oxygen atoms in total. The van der Waals surface area contributed by atoms with Gasteiger partial charge in [0.2, 0.25) is 17.7 Å². The number of aliphatic carboxylic acids is 2. The van der Waals surface area contributed by atoms with Crippen molar-refractivity contribution in [1.29, 1.82) is 0 Å². The summed E-state index contributed by atoms with van der Waals surface area (Å²) in [6.45, 7) is 4.79. The minimum absolute atomic E-state index is 0.0739. The van der Waals surface area contributed by atoms with E-state index in [4.69, 9.17) is 5.73 Å². The van der Waals surface area contributed by atoms with Gasteiger partial charge in [0.25, 0.3) is 0 Å². The normalized spacial score (nSPS) is 16.0. The highest BCUT2D eigenvalue weighted by Crippen LogP contribution is 2.08. The molecule has 3 amide bonds. The molecule has 0 aliphatic carbocycles. The van der Waals surface area contributed by atoms with Crippen molar-refractivity contribution in [2.24, 2.45) is 11.7 Å². The molecule has 12 heteroatoms. The second-order valence-electron chi connectivity index (χ2n) is 8.39. The number of nitrogens with two attached hydrogens (primary N) is 1. The lowest BCUT2D eigenvalue weighted by atomic mass is 9.98. The summed E-state index contributed by atoms with van der Waals surface area (Å²) >= 11 is 0. The fourth-order valence-corrected chi connectivity index (χ4v) is 3.13. The van der Waals surface area contributed by atoms with Crippen LogP contribution in [0.15, 0.2) is 30.3 Å². The Morgan fingerprint density at radius 1 is 0.886 bits per heavy atom. The zero-order valence-electron chi connectivity index (χ0n) is 19.9. The van der Waals surface area contributed by atoms with E-state index >= 15 is 0 Å². The average Bonchev–Trinajstić information content (AvgIpc) is 2.80. The van der Waals surface area contributed by atoms with Gasteiger partial charge in [0.15, 0.2) is 0 Å². The van der Waals surface area contributed by atoms with E-state index < -0.39 is 66.4 Å². The zero-order chi connectivity index (χ0) is 26.7. The highest BCUT2D eigenvalue weighted by molar-refractivity contribution is 5.95. The number of carboxylic acid groups (broad SMARTS) is 2. The number of carboxylic acids is 2. The number of hydrogen-bond donors (Lipinski definition) is 7. The largest absolute Gasteiger partial charge is 0.481 e. The smallest absolute Gasteiger partial charge is 0.326 e. The van der Waals surface area contributed by atoms with Crippen LogP contribution < -0.4 is 21.7 Å². The Balaban J connectivity index is 2.99. The van der Waals surface area contributed by atoms with E-state index in [0.29, 0.717) is 12.0 Å². The van der Waals surface area contributed by atoms with Crippen LogP contribution >= 0.6 is 0 Å². The summed E-state index contributed by atoms with van der Waals surface area (Å²) in [7, 11) is 0. The molecule has 0 spiro atoms. The van der Waals surface area contributed by atoms with Crippen LogP contribution in [-0.2, 0) is 30.4 Å². The summed E-state index contributed by atoms with van der Waals surface area (Å²) in [6.07, 6.45) is -1.74. The molecule has 0 heterocycles. The Morgan fingerprint density at radius 2 is 1.46 bits per heavy atom. The van der Waals surface area contributed by atoms with E-state index in [9.17, 15) is 39.3 Å². The molecule has 0 saturated carbocycles. The second-order valence-corrected chi connectivity index (χ2v) is 8.39. The van der Waals surface area contributed by atoms with Crippen LogP contribution in [0, 0.1) is 5.92 Å². The van der Waals surface area contributed by atoms with Crippen molar-refractivity contribution in [3.05, 3.63) is 35.9 Å². The SMILES string of the molecule is CCC(C)C(N)C(=O)NC(C(=O)NC(CC(=O)O)C(=O)NC(Cc1ccccc1)C(=O)O)C(C)O. The zero-order valence-corrected chi connectivity index (χ0v) is 19.9. The Kier molecular flexibility index (Phi) is 11.8. The number of benzene rings is 1. The summed E-state index contributed by atoms with van der Waals surface area (Å²) in [4.78, 5) is 60.9. The molecule has 0 bridgehead atoms. The number of aliphatic hydroxyl groups is 1. The maximum absolute atomic E-state index is 12.8. The van der Waals surface area contributed by atoms with Gasteiger partial charge in [-0.1, -0.05) is 50.6 Å². The number of carbonyl (C=O) groups is 5. The molecule has 35 heavy (non-hydrogen) atoms. The summed E-state index contributed by atoms with van der Waals surface area (Å²) in [6, 6.07) is 2.92. The lowest BCUT2D eigenvalue weighted by molar-refractivity contribution is -0.143. The van der Waals surface area contributed by atoms with Gasteiger partial charge in [-0.3, -0.25) is 19.2 Å². The first-order chi connectivity index (χ1) is 16.4. The van der Waals surface area contributed by atoms with Gasteiger partial charge in [0.1, 0.15) is 18.1 Å². The number of aliphatic hydroxyl groups excluding tert-OH is 1. The standard InChI is InChI=1S/C23H34N4O8/c1-4-12(2)18(24)21(32)27-19(13(3)28)22(33)25-15(11-17(29)30)20(31)26-16(23(34)35)10-14-8-6-5-7-9-14/h5-9,12-13,15-16,18-19,28H,4,10-11,24H2,1-3H3,(H,25,33)(H,26,31)(H,27,32)(H,29,30)(H,34,35). The highest BCUT2D eigenvalue weighted by atomic mass is 16.4. The van der Waals surface area contributed by atoms with E-state index in [1.165, 1.54) is 6.92 Å². The van der Waals surface area contributed by atoms with Crippen LogP contribution in [-0.4, -0.2) is 75.3 Å². The Morgan fingerprint density at radius 3 is 1.94 bits per heavy atom. The fraction of sp³-hybridized carbons (Fsp3) is 0.522. The third-order valence-corrected chi connectivity index (χ3v) is 5.53. The summed E-state index contributed by atoms with van der Waals surface area (Å²) in [5.41, 5.74) is 6.48. The van der Waals surface area contributed by atoms with Crippen LogP contribution in [0.5, 0.6) is 0 Å². The minimum Gasteiger partial charge on any atom is -0.481 e. The molecule has 6 unspecified atom stereocenters. The first-order valence-electron chi connectivity index (χ1n) is 11.2. The summed E-state index contributed by atoms with van der Waals surface area (Å²) in [5.74, 6) is -5.77. The molecular weight excluding hydrogens is 460 g/mol. The fourth-order valence-electron chi connectivity index (χ4n) is 3.13. The van der Waals surface area contributed by atoms with Crippen LogP contribution in [0.2, 0.25) is 0 Å². The molecule has 0 fully saturated rings. The van der Waals surface area contributed by atoms with Gasteiger partial charge >= 0.3 is 11.9 Å². The topological polar surface area (TPSA) is 208 Å². The monoisotopic (exact) mass is 494 g/mol. The van der Waals surface area contributed by atoms with Crippen LogP contribution in [0.25, 0.3) is 0 Å². The number of nitrogens with one attached hydrogen (secondary N) is 3. The predicted octanol–water partition coefficient (Wildman–Crippen LogP) is -1.00. The van der Waals surface area contributed by atoms with Gasteiger partial charge in [-0.05, 0) is 18.4 Å². The number of carbonyl (C=O) groups excluding carboxylic acids is 3. The van der Waals surface area contributed by atoms with Gasteiger partial charge in [-0.2, -0.15) is 0 Å². The van der Waals surface area contributed by atoms with E-state index in [0.717, 1.165) is 0 Å². The molecule has 0 saturated heterocycles. The molecule has 0 aromatic heterocycles. The highest BCUT2D eigenvalue weighted by Gasteiger charge is 2.34. The molecule has 8 N–H and O–H groups in total. The molecule has 0 aliphatic heterocycles. The van der Waals surface area contributed by atoms with Crippen molar-refractivity contribution in [1.82, 2.24) is 16.0 Å². The van der Waals surface area contributed by atoms with Gasteiger partial charge in [0.05, 0.1) is 18.6 Å². The van der Waals surface area contributed by atoms with Crippen LogP contribution in [0.4, 0.5) is 0 Å². The lowest BCUT2D eigenvalue weighted by Crippen LogP contribution is -2.60. The number of amides is 3. The lowest BCUT2D eigenvalue weighted by Gasteiger charge is -2.27. The quantitative estimate of drug-likeness (QED) is 0.169. The van der Waals surface area contributed by atoms with Gasteiger partial charge in [-0.25, -0.2) is 4.79 Å². The molecule has 1 aromatic rings.